The maximum atomic E-state index is 12.1. The Kier molecular flexibility index (Phi) is 7.59. The van der Waals surface area contributed by atoms with E-state index in [4.69, 9.17) is 11.6 Å². The molecule has 0 fully saturated rings. The average Bonchev–Trinajstić information content (AvgIpc) is 3.09. The number of para-hydroxylation sites is 2. The molecule has 1 heterocycles. The molecule has 0 spiro atoms. The monoisotopic (exact) mass is 396 g/mol. The van der Waals surface area contributed by atoms with E-state index >= 15 is 0 Å². The summed E-state index contributed by atoms with van der Waals surface area (Å²) in [7, 11) is 3.88. The van der Waals surface area contributed by atoms with Gasteiger partial charge in [-0.2, -0.15) is 0 Å². The number of halogens is 1. The van der Waals surface area contributed by atoms with Crippen molar-refractivity contribution in [2.45, 2.75) is 20.8 Å². The SMILES string of the molecule is CC.CC(=O)n1cc(N(/C(Cl)=C/C=[N+](C)C)c2ccccc2)c2ccccc21. The van der Waals surface area contributed by atoms with E-state index < -0.39 is 0 Å². The number of rotatable bonds is 4. The van der Waals surface area contributed by atoms with E-state index in [2.05, 4.69) is 0 Å². The van der Waals surface area contributed by atoms with Gasteiger partial charge in [-0.1, -0.05) is 61.8 Å². The van der Waals surface area contributed by atoms with Crippen molar-refractivity contribution in [3.63, 3.8) is 0 Å². The fourth-order valence-corrected chi connectivity index (χ4v) is 3.09. The Morgan fingerprint density at radius 1 is 1.04 bits per heavy atom. The quantitative estimate of drug-likeness (QED) is 0.312. The van der Waals surface area contributed by atoms with E-state index in [0.717, 1.165) is 22.3 Å². The zero-order valence-corrected chi connectivity index (χ0v) is 17.8. The maximum absolute atomic E-state index is 12.1. The van der Waals surface area contributed by atoms with E-state index in [0.29, 0.717) is 5.16 Å². The second-order valence-electron chi connectivity index (χ2n) is 6.19. The largest absolute Gasteiger partial charge is 0.298 e. The molecule has 3 rings (SSSR count). The molecule has 0 aliphatic carbocycles. The Morgan fingerprint density at radius 2 is 1.64 bits per heavy atom. The number of allylic oxidation sites excluding steroid dienone is 1. The van der Waals surface area contributed by atoms with Gasteiger partial charge in [0.15, 0.2) is 6.21 Å². The molecule has 0 radical (unpaired) electrons. The van der Waals surface area contributed by atoms with Crippen LogP contribution in [-0.2, 0) is 0 Å². The Balaban J connectivity index is 0.00000136. The van der Waals surface area contributed by atoms with E-state index in [1.807, 2.05) is 111 Å². The molecule has 0 unspecified atom stereocenters. The molecular weight excluding hydrogens is 370 g/mol. The minimum atomic E-state index is -0.0413. The number of aromatic nitrogens is 1. The highest BCUT2D eigenvalue weighted by atomic mass is 35.5. The molecule has 0 N–H and O–H groups in total. The summed E-state index contributed by atoms with van der Waals surface area (Å²) in [4.78, 5) is 14.0. The fourth-order valence-electron chi connectivity index (χ4n) is 2.84. The normalized spacial score (nSPS) is 10.9. The van der Waals surface area contributed by atoms with Gasteiger partial charge in [-0.15, -0.1) is 0 Å². The Hall–Kier alpha value is -2.85. The minimum Gasteiger partial charge on any atom is -0.298 e. The first-order chi connectivity index (χ1) is 13.5. The van der Waals surface area contributed by atoms with Gasteiger partial charge in [-0.3, -0.25) is 14.3 Å². The van der Waals surface area contributed by atoms with Crippen LogP contribution in [-0.4, -0.2) is 35.4 Å². The highest BCUT2D eigenvalue weighted by Crippen LogP contribution is 2.37. The molecule has 0 saturated carbocycles. The van der Waals surface area contributed by atoms with Crippen molar-refractivity contribution in [1.29, 1.82) is 0 Å². The van der Waals surface area contributed by atoms with E-state index in [9.17, 15) is 4.79 Å². The molecule has 146 valence electrons. The van der Waals surface area contributed by atoms with Crippen LogP contribution in [0.25, 0.3) is 10.9 Å². The van der Waals surface area contributed by atoms with Crippen LogP contribution in [0.2, 0.25) is 0 Å². The van der Waals surface area contributed by atoms with Crippen molar-refractivity contribution in [1.82, 2.24) is 4.57 Å². The fraction of sp³-hybridized carbons (Fsp3) is 0.217. The Labute approximate surface area is 172 Å². The number of hydrogen-bond donors (Lipinski definition) is 0. The number of carbonyl (C=O) groups is 1. The minimum absolute atomic E-state index is 0.0413. The maximum Gasteiger partial charge on any atom is 0.228 e. The first-order valence-corrected chi connectivity index (χ1v) is 9.70. The molecule has 4 nitrogen and oxygen atoms in total. The first-order valence-electron chi connectivity index (χ1n) is 9.32. The van der Waals surface area contributed by atoms with Gasteiger partial charge >= 0.3 is 0 Å². The van der Waals surface area contributed by atoms with Crippen molar-refractivity contribution >= 4 is 46.0 Å². The molecule has 2 aromatic carbocycles. The lowest BCUT2D eigenvalue weighted by atomic mass is 10.2. The van der Waals surface area contributed by atoms with Crippen molar-refractivity contribution < 1.29 is 9.37 Å². The predicted molar refractivity (Wildman–Crippen MR) is 120 cm³/mol. The smallest absolute Gasteiger partial charge is 0.228 e. The Morgan fingerprint density at radius 3 is 2.25 bits per heavy atom. The number of benzene rings is 2. The van der Waals surface area contributed by atoms with E-state index in [1.165, 1.54) is 0 Å². The average molecular weight is 397 g/mol. The molecule has 0 bridgehead atoms. The second kappa shape index (κ2) is 9.90. The summed E-state index contributed by atoms with van der Waals surface area (Å²) in [5.41, 5.74) is 2.64. The molecule has 0 saturated heterocycles. The van der Waals surface area contributed by atoms with Gasteiger partial charge in [0.25, 0.3) is 0 Å². The lowest BCUT2D eigenvalue weighted by Crippen LogP contribution is -2.13. The molecule has 28 heavy (non-hydrogen) atoms. The summed E-state index contributed by atoms with van der Waals surface area (Å²) in [6.45, 7) is 5.56. The number of fused-ring (bicyclic) bond motifs is 1. The highest BCUT2D eigenvalue weighted by molar-refractivity contribution is 6.33. The van der Waals surface area contributed by atoms with Crippen molar-refractivity contribution in [3.05, 3.63) is 72.0 Å². The molecule has 0 amide bonds. The summed E-state index contributed by atoms with van der Waals surface area (Å²) in [6, 6.07) is 17.7. The number of anilines is 2. The summed E-state index contributed by atoms with van der Waals surface area (Å²) >= 11 is 6.68. The third-order valence-electron chi connectivity index (χ3n) is 4.01. The summed E-state index contributed by atoms with van der Waals surface area (Å²) in [5, 5.41) is 1.50. The highest BCUT2D eigenvalue weighted by Gasteiger charge is 2.20. The molecule has 1 aromatic heterocycles. The van der Waals surface area contributed by atoms with Crippen LogP contribution in [0.1, 0.15) is 25.6 Å². The van der Waals surface area contributed by atoms with Gasteiger partial charge in [0.2, 0.25) is 5.91 Å². The van der Waals surface area contributed by atoms with Crippen molar-refractivity contribution in [3.8, 4) is 0 Å². The van der Waals surface area contributed by atoms with Gasteiger partial charge < -0.3 is 0 Å². The van der Waals surface area contributed by atoms with Crippen LogP contribution in [0.15, 0.2) is 72.0 Å². The van der Waals surface area contributed by atoms with Crippen LogP contribution in [0.4, 0.5) is 11.4 Å². The van der Waals surface area contributed by atoms with E-state index in [1.54, 1.807) is 11.5 Å². The van der Waals surface area contributed by atoms with Crippen LogP contribution >= 0.6 is 11.6 Å². The number of hydrogen-bond acceptors (Lipinski definition) is 2. The van der Waals surface area contributed by atoms with Crippen LogP contribution < -0.4 is 4.90 Å². The topological polar surface area (TPSA) is 28.2 Å². The van der Waals surface area contributed by atoms with Crippen molar-refractivity contribution in [2.75, 3.05) is 19.0 Å². The van der Waals surface area contributed by atoms with E-state index in [-0.39, 0.29) is 5.91 Å². The number of carbonyl (C=O) groups excluding carboxylic acids is 1. The lowest BCUT2D eigenvalue weighted by molar-refractivity contribution is -0.458. The zero-order chi connectivity index (χ0) is 20.7. The Bertz CT molecular complexity index is 999. The molecule has 3 aromatic rings. The zero-order valence-electron chi connectivity index (χ0n) is 17.1. The van der Waals surface area contributed by atoms with Crippen molar-refractivity contribution in [2.24, 2.45) is 0 Å². The summed E-state index contributed by atoms with van der Waals surface area (Å²) in [5.74, 6) is -0.0413. The third-order valence-corrected chi connectivity index (χ3v) is 4.30. The molecule has 0 atom stereocenters. The summed E-state index contributed by atoms with van der Waals surface area (Å²) in [6.07, 6.45) is 5.57. The predicted octanol–water partition coefficient (Wildman–Crippen LogP) is 5.89. The first kappa shape index (κ1) is 21.5. The second-order valence-corrected chi connectivity index (χ2v) is 6.58. The number of nitrogens with zero attached hydrogens (tertiary/aromatic N) is 3. The molecular formula is C23H27ClN3O+. The molecule has 0 aliphatic rings. The third kappa shape index (κ3) is 4.70. The lowest BCUT2D eigenvalue weighted by Gasteiger charge is -2.23. The van der Waals surface area contributed by atoms with Gasteiger partial charge in [-0.05, 0) is 18.2 Å². The molecule has 0 aliphatic heterocycles. The van der Waals surface area contributed by atoms with Gasteiger partial charge in [-0.25, -0.2) is 4.58 Å². The van der Waals surface area contributed by atoms with Gasteiger partial charge in [0.1, 0.15) is 19.3 Å². The molecule has 5 heteroatoms. The van der Waals surface area contributed by atoms with Crippen LogP contribution in [0.3, 0.4) is 0 Å². The van der Waals surface area contributed by atoms with Gasteiger partial charge in [0, 0.05) is 30.3 Å². The summed E-state index contributed by atoms with van der Waals surface area (Å²) < 4.78 is 3.57. The van der Waals surface area contributed by atoms with Crippen LogP contribution in [0.5, 0.6) is 0 Å². The standard InChI is InChI=1S/C21H21ClN3O.C2H6/c1-16(26)24-15-20(18-11-7-8-12-19(18)24)25(17-9-5-4-6-10-17)21(22)13-14-23(2)3;1-2/h4-15H,1-3H3;1-2H3/q+1;. The van der Waals surface area contributed by atoms with Crippen LogP contribution in [0, 0.1) is 0 Å². The van der Waals surface area contributed by atoms with Gasteiger partial charge in [0.05, 0.1) is 11.2 Å².